The summed E-state index contributed by atoms with van der Waals surface area (Å²) >= 11 is 3.12. The number of hydrazine groups is 1. The quantitative estimate of drug-likeness (QED) is 0.133. The number of nitrogens with zero attached hydrogens (tertiary/aromatic N) is 2. The van der Waals surface area contributed by atoms with Crippen LogP contribution in [0.2, 0.25) is 0 Å². The maximum Gasteiger partial charge on any atom is 0.264 e. The molecule has 0 unspecified atom stereocenters. The fourth-order valence-electron chi connectivity index (χ4n) is 2.42. The third-order valence-electron chi connectivity index (χ3n) is 4.03. The van der Waals surface area contributed by atoms with Gasteiger partial charge in [-0.1, -0.05) is 17.7 Å². The molecule has 0 bridgehead atoms. The minimum absolute atomic E-state index is 0.190. The van der Waals surface area contributed by atoms with Crippen LogP contribution in [0.4, 0.5) is 0 Å². The maximum absolute atomic E-state index is 10.9. The second-order valence-electron chi connectivity index (χ2n) is 6.71. The molecule has 0 aliphatic heterocycles. The summed E-state index contributed by atoms with van der Waals surface area (Å²) in [5.74, 6) is 5.87. The molecular weight excluding hydrogens is 460 g/mol. The van der Waals surface area contributed by atoms with E-state index in [2.05, 4.69) is 22.7 Å². The van der Waals surface area contributed by atoms with Crippen molar-refractivity contribution in [2.24, 2.45) is 11.6 Å². The van der Waals surface area contributed by atoms with Gasteiger partial charge in [-0.2, -0.15) is 0 Å². The summed E-state index contributed by atoms with van der Waals surface area (Å²) in [7, 11) is 1.67. The molecule has 1 amide bonds. The van der Waals surface area contributed by atoms with Crippen LogP contribution < -0.4 is 26.5 Å². The first-order chi connectivity index (χ1) is 15.9. The minimum Gasteiger partial charge on any atom is -0.497 e. The van der Waals surface area contributed by atoms with Crippen LogP contribution in [0, 0.1) is 6.92 Å². The third kappa shape index (κ3) is 9.93. The fraction of sp³-hybridized carbons (Fsp3) is 0.182. The summed E-state index contributed by atoms with van der Waals surface area (Å²) in [4.78, 5) is 16.1. The summed E-state index contributed by atoms with van der Waals surface area (Å²) in [5, 5.41) is 9.52. The molecule has 7 N–H and O–H groups in total. The van der Waals surface area contributed by atoms with E-state index >= 15 is 0 Å². The lowest BCUT2D eigenvalue weighted by Gasteiger charge is -2.13. The molecule has 0 atom stereocenters. The summed E-state index contributed by atoms with van der Waals surface area (Å²) < 4.78 is 9.19. The fourth-order valence-corrected chi connectivity index (χ4v) is 4.29. The number of nitrogens with two attached hydrogens (primary N) is 2. The van der Waals surface area contributed by atoms with E-state index in [4.69, 9.17) is 21.5 Å². The molecule has 2 heterocycles. The smallest absolute Gasteiger partial charge is 0.264 e. The molecule has 0 saturated heterocycles. The topological polar surface area (TPSA) is 139 Å². The van der Waals surface area contributed by atoms with Crippen molar-refractivity contribution in [3.63, 3.8) is 0 Å². The lowest BCUT2D eigenvalue weighted by atomic mass is 10.2. The van der Waals surface area contributed by atoms with E-state index in [-0.39, 0.29) is 6.54 Å². The molecule has 33 heavy (non-hydrogen) atoms. The first-order valence-corrected chi connectivity index (χ1v) is 11.5. The summed E-state index contributed by atoms with van der Waals surface area (Å²) in [5.41, 5.74) is 10.2. The number of carbonyl (C=O) groups is 1. The Balaban J connectivity index is 0.000000357. The van der Waals surface area contributed by atoms with Gasteiger partial charge >= 0.3 is 0 Å². The van der Waals surface area contributed by atoms with Crippen molar-refractivity contribution >= 4 is 29.2 Å². The van der Waals surface area contributed by atoms with E-state index in [1.54, 1.807) is 30.8 Å². The minimum atomic E-state index is -0.619. The standard InChI is InChI=1S/C14H18N6O2S2.C8H10O/c15-11(8-20(16)9-13(21)19-22)7-18-24-14-2-1-12(23-14)10-3-5-17-6-4-10;1-7-3-5-8(9-2)6-4-7/h1-6,8,18,22H,7,9,15-16H2,(H,19,21);3-6H,1-2H3/b11-8-;. The van der Waals surface area contributed by atoms with Gasteiger partial charge in [0.25, 0.3) is 5.91 Å². The van der Waals surface area contributed by atoms with Crippen molar-refractivity contribution in [1.29, 1.82) is 0 Å². The molecule has 0 aliphatic rings. The number of thiophene rings is 1. The number of nitrogens with one attached hydrogen (secondary N) is 2. The van der Waals surface area contributed by atoms with E-state index in [1.165, 1.54) is 29.2 Å². The summed E-state index contributed by atoms with van der Waals surface area (Å²) in [6.45, 7) is 2.26. The molecule has 1 aromatic carbocycles. The Hall–Kier alpha value is -3.09. The highest BCUT2D eigenvalue weighted by molar-refractivity contribution is 7.99. The number of pyridine rings is 1. The van der Waals surface area contributed by atoms with Crippen LogP contribution in [-0.2, 0) is 4.79 Å². The lowest BCUT2D eigenvalue weighted by molar-refractivity contribution is -0.129. The van der Waals surface area contributed by atoms with E-state index in [0.29, 0.717) is 12.2 Å². The van der Waals surface area contributed by atoms with Crippen molar-refractivity contribution in [2.75, 3.05) is 20.2 Å². The molecule has 0 spiro atoms. The van der Waals surface area contributed by atoms with Crippen LogP contribution in [0.15, 0.2) is 77.0 Å². The van der Waals surface area contributed by atoms with Crippen molar-refractivity contribution in [3.05, 3.63) is 78.4 Å². The number of amides is 1. The summed E-state index contributed by atoms with van der Waals surface area (Å²) in [6.07, 6.45) is 4.96. The summed E-state index contributed by atoms with van der Waals surface area (Å²) in [6, 6.07) is 16.0. The van der Waals surface area contributed by atoms with E-state index in [1.807, 2.05) is 42.5 Å². The van der Waals surface area contributed by atoms with Gasteiger partial charge in [-0.3, -0.25) is 19.7 Å². The Kier molecular flexibility index (Phi) is 11.2. The Bertz CT molecular complexity index is 1010. The number of rotatable bonds is 9. The number of methoxy groups -OCH3 is 1. The highest BCUT2D eigenvalue weighted by Crippen LogP contribution is 2.32. The number of aromatic nitrogens is 1. The van der Waals surface area contributed by atoms with Gasteiger partial charge in [0.1, 0.15) is 12.3 Å². The number of hydrogen-bond acceptors (Lipinski definition) is 10. The average Bonchev–Trinajstić information content (AvgIpc) is 3.29. The Morgan fingerprint density at radius 1 is 1.21 bits per heavy atom. The maximum atomic E-state index is 10.9. The molecule has 9 nitrogen and oxygen atoms in total. The number of hydrogen-bond donors (Lipinski definition) is 5. The molecule has 3 aromatic rings. The van der Waals surface area contributed by atoms with Crippen LogP contribution >= 0.6 is 23.3 Å². The number of carbonyl (C=O) groups excluding carboxylic acids is 1. The van der Waals surface area contributed by atoms with Crippen molar-refractivity contribution in [2.45, 2.75) is 11.1 Å². The van der Waals surface area contributed by atoms with Crippen molar-refractivity contribution in [3.8, 4) is 16.2 Å². The van der Waals surface area contributed by atoms with Crippen LogP contribution in [0.1, 0.15) is 5.56 Å². The molecule has 176 valence electrons. The predicted molar refractivity (Wildman–Crippen MR) is 132 cm³/mol. The molecular formula is C22H28N6O3S2. The van der Waals surface area contributed by atoms with Crippen LogP contribution in [0.3, 0.4) is 0 Å². The molecule has 11 heteroatoms. The van der Waals surface area contributed by atoms with Crippen molar-refractivity contribution < 1.29 is 14.7 Å². The number of benzene rings is 1. The Labute approximate surface area is 201 Å². The second-order valence-corrected chi connectivity index (χ2v) is 8.98. The monoisotopic (exact) mass is 488 g/mol. The number of hydroxylamine groups is 1. The van der Waals surface area contributed by atoms with Gasteiger partial charge in [-0.05, 0) is 60.8 Å². The lowest BCUT2D eigenvalue weighted by Crippen LogP contribution is -2.37. The second kappa shape index (κ2) is 14.1. The zero-order valence-electron chi connectivity index (χ0n) is 18.4. The first-order valence-electron chi connectivity index (χ1n) is 9.82. The van der Waals surface area contributed by atoms with Gasteiger partial charge < -0.3 is 15.5 Å². The molecule has 0 aliphatic carbocycles. The van der Waals surface area contributed by atoms with Crippen LogP contribution in [0.25, 0.3) is 10.4 Å². The van der Waals surface area contributed by atoms with E-state index < -0.39 is 5.91 Å². The number of aryl methyl sites for hydroxylation is 1. The largest absolute Gasteiger partial charge is 0.497 e. The van der Waals surface area contributed by atoms with Gasteiger partial charge in [0.05, 0.1) is 11.3 Å². The van der Waals surface area contributed by atoms with Gasteiger partial charge in [0.15, 0.2) is 0 Å². The van der Waals surface area contributed by atoms with Crippen LogP contribution in [-0.4, -0.2) is 41.3 Å². The molecule has 0 fully saturated rings. The molecule has 0 radical (unpaired) electrons. The van der Waals surface area contributed by atoms with Gasteiger partial charge in [0.2, 0.25) is 0 Å². The van der Waals surface area contributed by atoms with Gasteiger partial charge in [-0.25, -0.2) is 11.3 Å². The first kappa shape index (κ1) is 26.2. The average molecular weight is 489 g/mol. The Morgan fingerprint density at radius 3 is 2.55 bits per heavy atom. The highest BCUT2D eigenvalue weighted by atomic mass is 32.2. The van der Waals surface area contributed by atoms with E-state index in [0.717, 1.165) is 25.4 Å². The predicted octanol–water partition coefficient (Wildman–Crippen LogP) is 2.89. The SMILES string of the molecule is COc1ccc(C)cc1.N/C(=C\N(N)CC(=O)NO)CNSc1ccc(-c2ccncc2)s1. The van der Waals surface area contributed by atoms with Gasteiger partial charge in [0, 0.05) is 35.7 Å². The molecule has 3 rings (SSSR count). The van der Waals surface area contributed by atoms with Crippen LogP contribution in [0.5, 0.6) is 5.75 Å². The van der Waals surface area contributed by atoms with E-state index in [9.17, 15) is 4.79 Å². The highest BCUT2D eigenvalue weighted by Gasteiger charge is 2.05. The number of ether oxygens (including phenoxy) is 1. The third-order valence-corrected chi connectivity index (χ3v) is 6.09. The molecule has 0 saturated carbocycles. The normalized spacial score (nSPS) is 10.7. The zero-order valence-corrected chi connectivity index (χ0v) is 20.0. The van der Waals surface area contributed by atoms with Crippen molar-refractivity contribution in [1.82, 2.24) is 20.2 Å². The zero-order chi connectivity index (χ0) is 24.1. The van der Waals surface area contributed by atoms with Gasteiger partial charge in [-0.15, -0.1) is 11.3 Å². The Morgan fingerprint density at radius 2 is 1.91 bits per heavy atom. The molecule has 2 aromatic heterocycles.